The monoisotopic (exact) mass is 335 g/mol. The molecule has 0 saturated heterocycles. The number of nitrogens with one attached hydrogen (secondary N) is 1. The van der Waals surface area contributed by atoms with Crippen LogP contribution in [0.25, 0.3) is 0 Å². The maximum absolute atomic E-state index is 11.9. The van der Waals surface area contributed by atoms with Crippen molar-refractivity contribution in [3.8, 4) is 11.5 Å². The third-order valence-corrected chi connectivity index (χ3v) is 3.77. The van der Waals surface area contributed by atoms with E-state index in [0.717, 1.165) is 5.56 Å². The second-order valence-electron chi connectivity index (χ2n) is 4.68. The lowest BCUT2D eigenvalue weighted by Gasteiger charge is -2.09. The Morgan fingerprint density at radius 3 is 2.78 bits per heavy atom. The fourth-order valence-electron chi connectivity index (χ4n) is 1.81. The van der Waals surface area contributed by atoms with Gasteiger partial charge in [0.1, 0.15) is 18.1 Å². The van der Waals surface area contributed by atoms with Crippen molar-refractivity contribution in [3.63, 3.8) is 0 Å². The van der Waals surface area contributed by atoms with Crippen molar-refractivity contribution >= 4 is 23.2 Å². The number of rotatable bonds is 7. The van der Waals surface area contributed by atoms with E-state index < -0.39 is 11.9 Å². The number of carbonyl (C=O) groups is 2. The summed E-state index contributed by atoms with van der Waals surface area (Å²) in [5.41, 5.74) is 1.16. The first-order valence-electron chi connectivity index (χ1n) is 6.92. The Morgan fingerprint density at radius 1 is 1.30 bits per heavy atom. The summed E-state index contributed by atoms with van der Waals surface area (Å²) in [5, 5.41) is 16.4. The summed E-state index contributed by atoms with van der Waals surface area (Å²) in [6, 6.07) is 6.43. The first-order valence-corrected chi connectivity index (χ1v) is 7.86. The van der Waals surface area contributed by atoms with Gasteiger partial charge >= 0.3 is 5.97 Å². The molecule has 23 heavy (non-hydrogen) atoms. The number of esters is 1. The highest BCUT2D eigenvalue weighted by molar-refractivity contribution is 7.07. The number of thiophene rings is 1. The summed E-state index contributed by atoms with van der Waals surface area (Å²) in [5.74, 6) is -0.578. The van der Waals surface area contributed by atoms with Gasteiger partial charge in [-0.2, -0.15) is 11.3 Å². The second-order valence-corrected chi connectivity index (χ2v) is 5.46. The van der Waals surface area contributed by atoms with Crippen LogP contribution in [-0.4, -0.2) is 30.6 Å². The summed E-state index contributed by atoms with van der Waals surface area (Å²) in [4.78, 5) is 22.9. The Bertz CT molecular complexity index is 669. The van der Waals surface area contributed by atoms with E-state index >= 15 is 0 Å². The van der Waals surface area contributed by atoms with Crippen LogP contribution in [0.3, 0.4) is 0 Å². The molecule has 0 unspecified atom stereocenters. The smallest absolute Gasteiger partial charge is 0.307 e. The van der Waals surface area contributed by atoms with Crippen LogP contribution in [0.5, 0.6) is 11.5 Å². The average molecular weight is 335 g/mol. The minimum atomic E-state index is -0.462. The number of carbonyl (C=O) groups excluding carboxylic acids is 2. The lowest BCUT2D eigenvalue weighted by Crippen LogP contribution is -2.26. The van der Waals surface area contributed by atoms with Crippen molar-refractivity contribution in [1.82, 2.24) is 5.32 Å². The summed E-state index contributed by atoms with van der Waals surface area (Å²) in [7, 11) is 1.28. The van der Waals surface area contributed by atoms with Gasteiger partial charge in [0, 0.05) is 12.6 Å². The van der Waals surface area contributed by atoms with Gasteiger partial charge in [-0.15, -0.1) is 0 Å². The predicted molar refractivity (Wildman–Crippen MR) is 85.7 cm³/mol. The fraction of sp³-hybridized carbons (Fsp3) is 0.250. The number of phenolic OH excluding ortho intramolecular Hbond substituents is 1. The number of amides is 1. The van der Waals surface area contributed by atoms with Crippen LogP contribution in [-0.2, 0) is 16.1 Å². The Labute approximate surface area is 137 Å². The average Bonchev–Trinajstić information content (AvgIpc) is 3.06. The van der Waals surface area contributed by atoms with Crippen LogP contribution in [0.2, 0.25) is 0 Å². The van der Waals surface area contributed by atoms with Crippen molar-refractivity contribution in [2.45, 2.75) is 13.0 Å². The summed E-state index contributed by atoms with van der Waals surface area (Å²) in [6.07, 6.45) is 0.0742. The summed E-state index contributed by atoms with van der Waals surface area (Å²) < 4.78 is 10.0. The van der Waals surface area contributed by atoms with E-state index in [0.29, 0.717) is 12.4 Å². The molecule has 0 bridgehead atoms. The quantitative estimate of drug-likeness (QED) is 0.759. The van der Waals surface area contributed by atoms with Crippen LogP contribution in [0.4, 0.5) is 0 Å². The van der Waals surface area contributed by atoms with E-state index in [-0.39, 0.29) is 24.3 Å². The van der Waals surface area contributed by atoms with Crippen molar-refractivity contribution in [3.05, 3.63) is 46.2 Å². The van der Waals surface area contributed by atoms with Crippen molar-refractivity contribution in [2.75, 3.05) is 13.7 Å². The SMILES string of the molecule is COC(=O)CCNC(=O)c1ccc(OCc2ccsc2)cc1O. The topological polar surface area (TPSA) is 84.9 Å². The van der Waals surface area contributed by atoms with Crippen LogP contribution in [0, 0.1) is 0 Å². The van der Waals surface area contributed by atoms with Crippen molar-refractivity contribution < 1.29 is 24.2 Å². The molecule has 0 aliphatic rings. The maximum Gasteiger partial charge on any atom is 0.307 e. The molecule has 7 heteroatoms. The number of methoxy groups -OCH3 is 1. The third kappa shape index (κ3) is 5.00. The van der Waals surface area contributed by atoms with Gasteiger partial charge in [-0.3, -0.25) is 9.59 Å². The lowest BCUT2D eigenvalue weighted by molar-refractivity contribution is -0.140. The Morgan fingerprint density at radius 2 is 2.13 bits per heavy atom. The molecule has 0 atom stereocenters. The minimum Gasteiger partial charge on any atom is -0.507 e. The van der Waals surface area contributed by atoms with Gasteiger partial charge in [0.2, 0.25) is 0 Å². The lowest BCUT2D eigenvalue weighted by atomic mass is 10.1. The number of hydrogen-bond acceptors (Lipinski definition) is 6. The molecular formula is C16H17NO5S. The molecule has 0 saturated carbocycles. The molecule has 2 N–H and O–H groups in total. The van der Waals surface area contributed by atoms with Crippen molar-refractivity contribution in [1.29, 1.82) is 0 Å². The third-order valence-electron chi connectivity index (χ3n) is 3.04. The molecule has 1 aromatic heterocycles. The van der Waals surface area contributed by atoms with E-state index in [9.17, 15) is 14.7 Å². The van der Waals surface area contributed by atoms with Crippen LogP contribution in [0.1, 0.15) is 22.3 Å². The maximum atomic E-state index is 11.9. The number of phenols is 1. The van der Waals surface area contributed by atoms with Gasteiger partial charge in [0.05, 0.1) is 19.1 Å². The van der Waals surface area contributed by atoms with E-state index in [1.807, 2.05) is 16.8 Å². The molecule has 122 valence electrons. The molecule has 1 amide bonds. The normalized spacial score (nSPS) is 10.1. The second kappa shape index (κ2) is 8.19. The highest BCUT2D eigenvalue weighted by Crippen LogP contribution is 2.24. The highest BCUT2D eigenvalue weighted by Gasteiger charge is 2.12. The molecular weight excluding hydrogens is 318 g/mol. The van der Waals surface area contributed by atoms with Gasteiger partial charge in [-0.1, -0.05) is 0 Å². The first kappa shape index (κ1) is 16.8. The zero-order valence-electron chi connectivity index (χ0n) is 12.6. The van der Waals surface area contributed by atoms with Gasteiger partial charge in [-0.25, -0.2) is 0 Å². The number of aromatic hydroxyl groups is 1. The fourth-order valence-corrected chi connectivity index (χ4v) is 2.46. The van der Waals surface area contributed by atoms with Gasteiger partial charge in [0.15, 0.2) is 0 Å². The number of benzene rings is 1. The largest absolute Gasteiger partial charge is 0.507 e. The molecule has 0 aliphatic carbocycles. The predicted octanol–water partition coefficient (Wildman–Crippen LogP) is 2.33. The van der Waals surface area contributed by atoms with Gasteiger partial charge in [0.25, 0.3) is 5.91 Å². The molecule has 2 rings (SSSR count). The molecule has 0 aliphatic heterocycles. The highest BCUT2D eigenvalue weighted by atomic mass is 32.1. The molecule has 0 fully saturated rings. The van der Waals surface area contributed by atoms with Gasteiger partial charge in [-0.05, 0) is 34.5 Å². The molecule has 6 nitrogen and oxygen atoms in total. The molecule has 0 spiro atoms. The van der Waals surface area contributed by atoms with Crippen LogP contribution in [0.15, 0.2) is 35.0 Å². The summed E-state index contributed by atoms with van der Waals surface area (Å²) >= 11 is 1.58. The minimum absolute atomic E-state index is 0.0742. The number of hydrogen-bond donors (Lipinski definition) is 2. The van der Waals surface area contributed by atoms with Crippen LogP contribution < -0.4 is 10.1 Å². The van der Waals surface area contributed by atoms with E-state index in [1.54, 1.807) is 17.4 Å². The van der Waals surface area contributed by atoms with E-state index in [4.69, 9.17) is 4.74 Å². The molecule has 1 heterocycles. The molecule has 1 aromatic carbocycles. The Balaban J connectivity index is 1.90. The van der Waals surface area contributed by atoms with E-state index in [2.05, 4.69) is 10.1 Å². The standard InChI is InChI=1S/C16H17NO5S/c1-21-15(19)4-6-17-16(20)13-3-2-12(8-14(13)18)22-9-11-5-7-23-10-11/h2-3,5,7-8,10,18H,4,6,9H2,1H3,(H,17,20). The van der Waals surface area contributed by atoms with E-state index in [1.165, 1.54) is 19.2 Å². The zero-order valence-corrected chi connectivity index (χ0v) is 13.4. The zero-order chi connectivity index (χ0) is 16.7. The Hall–Kier alpha value is -2.54. The van der Waals surface area contributed by atoms with Gasteiger partial charge < -0.3 is 19.9 Å². The number of ether oxygens (including phenoxy) is 2. The first-order chi connectivity index (χ1) is 11.1. The van der Waals surface area contributed by atoms with Crippen molar-refractivity contribution in [2.24, 2.45) is 0 Å². The van der Waals surface area contributed by atoms with Crippen LogP contribution >= 0.6 is 11.3 Å². The summed E-state index contributed by atoms with van der Waals surface area (Å²) in [6.45, 7) is 0.537. The molecule has 2 aromatic rings. The Kier molecular flexibility index (Phi) is 5.99. The molecule has 0 radical (unpaired) electrons.